The molecule has 6 heterocycles. The highest BCUT2D eigenvalue weighted by atomic mass is 32.2. The van der Waals surface area contributed by atoms with Gasteiger partial charge >= 0.3 is 0 Å². The number of thioether (sulfide) groups is 1. The molecule has 4 aromatic heterocycles. The number of hydrogen-bond donors (Lipinski definition) is 0. The van der Waals surface area contributed by atoms with E-state index in [-0.39, 0.29) is 0 Å². The first kappa shape index (κ1) is 40.6. The topological polar surface area (TPSA) is 95.7 Å². The molecule has 1 aliphatic carbocycles. The van der Waals surface area contributed by atoms with Crippen LogP contribution in [0.5, 0.6) is 11.5 Å². The second kappa shape index (κ2) is 15.3. The second-order valence-electron chi connectivity index (χ2n) is 18.1. The molecule has 71 heavy (non-hydrogen) atoms. The smallest absolute Gasteiger partial charge is 0.134 e. The minimum absolute atomic E-state index is 0.568. The normalized spacial score (nSPS) is 14.2. The third kappa shape index (κ3) is 5.67. The van der Waals surface area contributed by atoms with E-state index in [9.17, 15) is 10.5 Å². The third-order valence-electron chi connectivity index (χ3n) is 14.4. The Labute approximate surface area is 412 Å². The fourth-order valence-electron chi connectivity index (χ4n) is 11.5. The Hall–Kier alpha value is -9.41. The van der Waals surface area contributed by atoms with Crippen molar-refractivity contribution in [3.63, 3.8) is 0 Å². The summed E-state index contributed by atoms with van der Waals surface area (Å²) in [6.07, 6.45) is 7.44. The highest BCUT2D eigenvalue weighted by Crippen LogP contribution is 2.62. The fraction of sp³-hybridized carbons (Fsp3) is 0.0323. The molecule has 0 N–H and O–H groups in total. The van der Waals surface area contributed by atoms with Crippen molar-refractivity contribution in [3.05, 3.63) is 245 Å². The van der Waals surface area contributed by atoms with Crippen LogP contribution in [0.25, 0.3) is 66.4 Å². The summed E-state index contributed by atoms with van der Waals surface area (Å²) in [5.74, 6) is 1.51. The first-order chi connectivity index (χ1) is 35.0. The molecule has 9 heteroatoms. The Bertz CT molecular complexity index is 4230. The van der Waals surface area contributed by atoms with Crippen molar-refractivity contribution >= 4 is 66.7 Å². The maximum absolute atomic E-state index is 9.86. The van der Waals surface area contributed by atoms with Gasteiger partial charge in [0.1, 0.15) is 11.5 Å². The lowest BCUT2D eigenvalue weighted by Crippen LogP contribution is -2.32. The standard InChI is InChI=1S/C62H37N7OS/c1-3-50-58(30-37(2)35-63)71-59-31-38(36-64)20-26-55(59)67(50)39-23-27-54-45(32-39)44-14-6-9-19-53(44)69(54)41-22-25-47-57(34-41)70-56-33-40(68-51-17-7-4-12-42(51)43-13-5-8-18-52(43)68)21-24-46(56)62(47)48-15-10-28-65-60(48)61-49(62)16-11-29-66-61/h3-34H,1H2,2H3/b37-30+. The van der Waals surface area contributed by atoms with Crippen LogP contribution in [0.4, 0.5) is 11.4 Å². The lowest BCUT2D eigenvalue weighted by atomic mass is 9.66. The summed E-state index contributed by atoms with van der Waals surface area (Å²) in [6, 6.07) is 64.3. The van der Waals surface area contributed by atoms with Crippen LogP contribution in [-0.4, -0.2) is 19.1 Å². The third-order valence-corrected chi connectivity index (χ3v) is 15.5. The average Bonchev–Trinajstić information content (AvgIpc) is 4.04. The van der Waals surface area contributed by atoms with E-state index in [0.29, 0.717) is 11.1 Å². The molecule has 332 valence electrons. The van der Waals surface area contributed by atoms with Crippen molar-refractivity contribution in [2.75, 3.05) is 4.90 Å². The zero-order chi connectivity index (χ0) is 47.5. The van der Waals surface area contributed by atoms with Gasteiger partial charge in [0.15, 0.2) is 0 Å². The van der Waals surface area contributed by atoms with E-state index in [1.54, 1.807) is 6.92 Å². The zero-order valence-electron chi connectivity index (χ0n) is 38.1. The number of benzene rings is 7. The number of rotatable bonds is 5. The number of nitriles is 2. The van der Waals surface area contributed by atoms with Crippen LogP contribution in [0.2, 0.25) is 0 Å². The van der Waals surface area contributed by atoms with E-state index >= 15 is 0 Å². The number of hydrogen-bond acceptors (Lipinski definition) is 7. The second-order valence-corrected chi connectivity index (χ2v) is 19.1. The molecule has 2 aliphatic heterocycles. The van der Waals surface area contributed by atoms with Crippen molar-refractivity contribution < 1.29 is 4.74 Å². The molecular weight excluding hydrogens is 891 g/mol. The summed E-state index contributed by atoms with van der Waals surface area (Å²) in [7, 11) is 0. The van der Waals surface area contributed by atoms with Gasteiger partial charge in [0.05, 0.1) is 68.0 Å². The van der Waals surface area contributed by atoms with E-state index in [1.165, 1.54) is 22.5 Å². The molecule has 1 spiro atoms. The Morgan fingerprint density at radius 2 is 1.14 bits per heavy atom. The van der Waals surface area contributed by atoms with Crippen LogP contribution in [0.15, 0.2) is 222 Å². The van der Waals surface area contributed by atoms with Gasteiger partial charge in [0.25, 0.3) is 0 Å². The predicted octanol–water partition coefficient (Wildman–Crippen LogP) is 15.1. The summed E-state index contributed by atoms with van der Waals surface area (Å²) in [5, 5.41) is 24.2. The predicted molar refractivity (Wildman–Crippen MR) is 284 cm³/mol. The highest BCUT2D eigenvalue weighted by molar-refractivity contribution is 8.03. The molecule has 8 nitrogen and oxygen atoms in total. The van der Waals surface area contributed by atoms with Crippen molar-refractivity contribution in [2.45, 2.75) is 17.2 Å². The Balaban J connectivity index is 0.980. The molecule has 0 bridgehead atoms. The number of anilines is 2. The van der Waals surface area contributed by atoms with Gasteiger partial charge in [-0.15, -0.1) is 0 Å². The lowest BCUT2D eigenvalue weighted by molar-refractivity contribution is 0.436. The maximum Gasteiger partial charge on any atom is 0.134 e. The molecule has 0 saturated heterocycles. The monoisotopic (exact) mass is 927 g/mol. The number of pyridine rings is 2. The van der Waals surface area contributed by atoms with Crippen molar-refractivity contribution in [1.29, 1.82) is 10.5 Å². The van der Waals surface area contributed by atoms with E-state index in [1.807, 2.05) is 54.9 Å². The summed E-state index contributed by atoms with van der Waals surface area (Å²) in [6.45, 7) is 6.05. The maximum atomic E-state index is 9.86. The summed E-state index contributed by atoms with van der Waals surface area (Å²) in [5.41, 5.74) is 15.3. The van der Waals surface area contributed by atoms with E-state index < -0.39 is 5.41 Å². The Morgan fingerprint density at radius 1 is 0.592 bits per heavy atom. The number of nitrogens with zero attached hydrogens (tertiary/aromatic N) is 7. The largest absolute Gasteiger partial charge is 0.457 e. The van der Waals surface area contributed by atoms with Crippen molar-refractivity contribution in [2.24, 2.45) is 0 Å². The molecule has 0 fully saturated rings. The van der Waals surface area contributed by atoms with Crippen LogP contribution in [0.3, 0.4) is 0 Å². The zero-order valence-corrected chi connectivity index (χ0v) is 38.9. The van der Waals surface area contributed by atoms with Crippen LogP contribution in [0.1, 0.15) is 34.7 Å². The number of fused-ring (bicyclic) bond motifs is 16. The average molecular weight is 928 g/mol. The van der Waals surface area contributed by atoms with Gasteiger partial charge in [0, 0.05) is 89.6 Å². The quantitative estimate of drug-likeness (QED) is 0.159. The summed E-state index contributed by atoms with van der Waals surface area (Å²) in [4.78, 5) is 14.0. The minimum atomic E-state index is -0.767. The number of allylic oxidation sites excluding steroid dienone is 3. The van der Waals surface area contributed by atoms with Crippen LogP contribution in [0, 0.1) is 22.7 Å². The van der Waals surface area contributed by atoms with E-state index in [4.69, 9.17) is 14.7 Å². The molecule has 14 rings (SSSR count). The van der Waals surface area contributed by atoms with Gasteiger partial charge in [-0.2, -0.15) is 10.5 Å². The molecule has 0 amide bonds. The van der Waals surface area contributed by atoms with Gasteiger partial charge in [-0.1, -0.05) is 97.2 Å². The molecular formula is C62H37N7OS. The first-order valence-corrected chi connectivity index (χ1v) is 24.2. The number of aromatic nitrogens is 4. The number of ether oxygens (including phenoxy) is 1. The Kier molecular flexibility index (Phi) is 8.76. The molecule has 7 aromatic carbocycles. The molecule has 3 aliphatic rings. The first-order valence-electron chi connectivity index (χ1n) is 23.4. The molecule has 0 saturated carbocycles. The van der Waals surface area contributed by atoms with E-state index in [0.717, 1.165) is 116 Å². The van der Waals surface area contributed by atoms with Gasteiger partial charge in [0.2, 0.25) is 0 Å². The van der Waals surface area contributed by atoms with Gasteiger partial charge in [-0.3, -0.25) is 9.97 Å². The van der Waals surface area contributed by atoms with Crippen molar-refractivity contribution in [1.82, 2.24) is 19.1 Å². The molecule has 0 radical (unpaired) electrons. The molecule has 11 aromatic rings. The fourth-order valence-corrected chi connectivity index (χ4v) is 12.7. The Morgan fingerprint density at radius 3 is 1.70 bits per heavy atom. The van der Waals surface area contributed by atoms with Crippen LogP contribution >= 0.6 is 11.8 Å². The van der Waals surface area contributed by atoms with Crippen molar-refractivity contribution in [3.8, 4) is 46.4 Å². The van der Waals surface area contributed by atoms with Gasteiger partial charge in [-0.25, -0.2) is 0 Å². The lowest BCUT2D eigenvalue weighted by Gasteiger charge is -2.39. The minimum Gasteiger partial charge on any atom is -0.457 e. The summed E-state index contributed by atoms with van der Waals surface area (Å²) >= 11 is 1.54. The van der Waals surface area contributed by atoms with Gasteiger partial charge in [-0.05, 0) is 109 Å². The number of para-hydroxylation sites is 3. The SMILES string of the molecule is C=CC1=C(/C=C(\C)C#N)Sc2cc(C#N)ccc2N1c1ccc2c(c1)c1ccccc1n2-c1ccc2c(c1)Oc1cc(-n3c4ccccc4c4ccccc43)ccc1C21c2cccnc2-c2ncccc21. The molecule has 0 atom stereocenters. The van der Waals surface area contributed by atoms with Crippen LogP contribution < -0.4 is 9.64 Å². The molecule has 0 unspecified atom stereocenters. The van der Waals surface area contributed by atoms with Crippen LogP contribution in [-0.2, 0) is 5.41 Å². The highest BCUT2D eigenvalue weighted by Gasteiger charge is 2.52. The van der Waals surface area contributed by atoms with E-state index in [2.05, 4.69) is 172 Å². The summed E-state index contributed by atoms with van der Waals surface area (Å²) < 4.78 is 12.0. The van der Waals surface area contributed by atoms with Gasteiger partial charge < -0.3 is 18.8 Å².